The van der Waals surface area contributed by atoms with Crippen molar-refractivity contribution in [2.45, 2.75) is 44.3 Å². The van der Waals surface area contributed by atoms with Crippen molar-refractivity contribution in [1.82, 2.24) is 5.32 Å². The first kappa shape index (κ1) is 10.7. The molecule has 0 spiro atoms. The molecule has 0 amide bonds. The molecule has 0 saturated carbocycles. The first-order chi connectivity index (χ1) is 7.31. The van der Waals surface area contributed by atoms with E-state index in [-0.39, 0.29) is 6.04 Å². The summed E-state index contributed by atoms with van der Waals surface area (Å²) in [7, 11) is 0. The highest BCUT2D eigenvalue weighted by molar-refractivity contribution is 5.21. The largest absolute Gasteiger partial charge is 0.326 e. The fourth-order valence-corrected chi connectivity index (χ4v) is 2.35. The van der Waals surface area contributed by atoms with Crippen molar-refractivity contribution in [1.29, 1.82) is 0 Å². The quantitative estimate of drug-likeness (QED) is 0.775. The molecule has 1 aliphatic heterocycles. The molecule has 3 N–H and O–H groups in total. The molecule has 2 nitrogen and oxygen atoms in total. The van der Waals surface area contributed by atoms with Crippen LogP contribution in [-0.4, -0.2) is 12.1 Å². The summed E-state index contributed by atoms with van der Waals surface area (Å²) in [6, 6.07) is 11.8. The van der Waals surface area contributed by atoms with Crippen LogP contribution in [0.3, 0.4) is 0 Å². The maximum Gasteiger partial charge on any atom is 0.0475 e. The summed E-state index contributed by atoms with van der Waals surface area (Å²) >= 11 is 0. The van der Waals surface area contributed by atoms with Crippen LogP contribution >= 0.6 is 0 Å². The van der Waals surface area contributed by atoms with Crippen molar-refractivity contribution >= 4 is 0 Å². The number of hydrogen-bond donors (Lipinski definition) is 2. The molecular formula is C13H20N2. The van der Waals surface area contributed by atoms with Crippen LogP contribution in [0.25, 0.3) is 0 Å². The Hall–Kier alpha value is -0.860. The molecule has 0 unspecified atom stereocenters. The van der Waals surface area contributed by atoms with E-state index in [1.165, 1.54) is 18.4 Å². The maximum absolute atomic E-state index is 6.17. The third-order valence-corrected chi connectivity index (χ3v) is 3.34. The first-order valence-electron chi connectivity index (χ1n) is 5.88. The van der Waals surface area contributed by atoms with Crippen LogP contribution in [0.4, 0.5) is 0 Å². The molecule has 0 aromatic heterocycles. The summed E-state index contributed by atoms with van der Waals surface area (Å²) in [4.78, 5) is 0. The highest BCUT2D eigenvalue weighted by Crippen LogP contribution is 2.25. The van der Waals surface area contributed by atoms with Crippen LogP contribution in [0.1, 0.15) is 37.8 Å². The van der Waals surface area contributed by atoms with Gasteiger partial charge in [0.05, 0.1) is 0 Å². The van der Waals surface area contributed by atoms with Gasteiger partial charge < -0.3 is 11.1 Å². The third-order valence-electron chi connectivity index (χ3n) is 3.34. The summed E-state index contributed by atoms with van der Waals surface area (Å²) in [6.45, 7) is 2.23. The molecule has 82 valence electrons. The Labute approximate surface area is 91.9 Å². The minimum atomic E-state index is 0.259. The Bertz CT molecular complexity index is 297. The van der Waals surface area contributed by atoms with Gasteiger partial charge in [-0.1, -0.05) is 37.3 Å². The van der Waals surface area contributed by atoms with Crippen molar-refractivity contribution in [2.75, 3.05) is 0 Å². The van der Waals surface area contributed by atoms with Crippen molar-refractivity contribution in [3.63, 3.8) is 0 Å². The van der Waals surface area contributed by atoms with E-state index in [4.69, 9.17) is 5.73 Å². The van der Waals surface area contributed by atoms with Gasteiger partial charge in [-0.25, -0.2) is 0 Å². The van der Waals surface area contributed by atoms with E-state index in [1.54, 1.807) is 0 Å². The second-order valence-electron chi connectivity index (χ2n) is 4.40. The summed E-state index contributed by atoms with van der Waals surface area (Å²) < 4.78 is 0. The van der Waals surface area contributed by atoms with Gasteiger partial charge in [-0.3, -0.25) is 0 Å². The Balaban J connectivity index is 2.13. The van der Waals surface area contributed by atoms with E-state index in [2.05, 4.69) is 42.6 Å². The molecule has 1 heterocycles. The lowest BCUT2D eigenvalue weighted by Crippen LogP contribution is -2.47. The van der Waals surface area contributed by atoms with Crippen LogP contribution in [0.5, 0.6) is 0 Å². The average molecular weight is 204 g/mol. The molecule has 1 fully saturated rings. The Morgan fingerprint density at radius 3 is 2.67 bits per heavy atom. The molecule has 15 heavy (non-hydrogen) atoms. The number of nitrogens with two attached hydrogens (primary N) is 1. The second kappa shape index (κ2) is 4.77. The first-order valence-corrected chi connectivity index (χ1v) is 5.88. The summed E-state index contributed by atoms with van der Waals surface area (Å²) in [5.74, 6) is 0. The normalized spacial score (nSPS) is 31.5. The topological polar surface area (TPSA) is 38.0 Å². The van der Waals surface area contributed by atoms with Crippen LogP contribution < -0.4 is 11.1 Å². The molecule has 1 aliphatic rings. The lowest BCUT2D eigenvalue weighted by Gasteiger charge is -2.35. The van der Waals surface area contributed by atoms with E-state index in [0.717, 1.165) is 6.42 Å². The summed E-state index contributed by atoms with van der Waals surface area (Å²) in [5, 5.41) is 3.64. The fourth-order valence-electron chi connectivity index (χ4n) is 2.35. The minimum Gasteiger partial charge on any atom is -0.326 e. The average Bonchev–Trinajstić information content (AvgIpc) is 2.31. The molecule has 2 heteroatoms. The Morgan fingerprint density at radius 2 is 2.00 bits per heavy atom. The zero-order valence-electron chi connectivity index (χ0n) is 9.32. The van der Waals surface area contributed by atoms with Gasteiger partial charge in [0.15, 0.2) is 0 Å². The predicted molar refractivity (Wildman–Crippen MR) is 63.6 cm³/mol. The molecule has 0 bridgehead atoms. The molecule has 0 radical (unpaired) electrons. The monoisotopic (exact) mass is 204 g/mol. The number of piperidine rings is 1. The van der Waals surface area contributed by atoms with Crippen molar-refractivity contribution in [2.24, 2.45) is 5.73 Å². The lowest BCUT2D eigenvalue weighted by molar-refractivity contribution is 0.283. The highest BCUT2D eigenvalue weighted by Gasteiger charge is 2.27. The predicted octanol–water partition coefficient (Wildman–Crippen LogP) is 2.22. The van der Waals surface area contributed by atoms with E-state index < -0.39 is 0 Å². The minimum absolute atomic E-state index is 0.259. The van der Waals surface area contributed by atoms with E-state index in [9.17, 15) is 0 Å². The van der Waals surface area contributed by atoms with Crippen molar-refractivity contribution < 1.29 is 0 Å². The van der Waals surface area contributed by atoms with Crippen LogP contribution in [0.2, 0.25) is 0 Å². The highest BCUT2D eigenvalue weighted by atomic mass is 15.0. The molecule has 0 aliphatic carbocycles. The lowest BCUT2D eigenvalue weighted by atomic mass is 9.89. The fraction of sp³-hybridized carbons (Fsp3) is 0.538. The molecule has 2 rings (SSSR count). The van der Waals surface area contributed by atoms with E-state index >= 15 is 0 Å². The standard InChI is InChI=1S/C13H20N2/c1-2-11-8-9-12(14)13(15-11)10-6-4-3-5-7-10/h3-7,11-13,15H,2,8-9,14H2,1H3/t11-,12+,13+/m1/s1. The maximum atomic E-state index is 6.17. The van der Waals surface area contributed by atoms with Gasteiger partial charge in [0.25, 0.3) is 0 Å². The van der Waals surface area contributed by atoms with Crippen LogP contribution in [0.15, 0.2) is 30.3 Å². The molecule has 1 saturated heterocycles. The third kappa shape index (κ3) is 2.39. The smallest absolute Gasteiger partial charge is 0.0475 e. The summed E-state index contributed by atoms with van der Waals surface area (Å²) in [5.41, 5.74) is 7.49. The van der Waals surface area contributed by atoms with Crippen LogP contribution in [-0.2, 0) is 0 Å². The van der Waals surface area contributed by atoms with Gasteiger partial charge in [0.2, 0.25) is 0 Å². The van der Waals surface area contributed by atoms with Gasteiger partial charge in [-0.15, -0.1) is 0 Å². The van der Waals surface area contributed by atoms with E-state index in [0.29, 0.717) is 12.1 Å². The number of benzene rings is 1. The van der Waals surface area contributed by atoms with E-state index in [1.807, 2.05) is 0 Å². The number of rotatable bonds is 2. The zero-order valence-corrected chi connectivity index (χ0v) is 9.32. The second-order valence-corrected chi connectivity index (χ2v) is 4.40. The SMILES string of the molecule is CC[C@@H]1CC[C@H](N)[C@H](c2ccccc2)N1. The zero-order chi connectivity index (χ0) is 10.7. The molecule has 1 aromatic carbocycles. The Kier molecular flexibility index (Phi) is 3.39. The number of nitrogens with one attached hydrogen (secondary N) is 1. The van der Waals surface area contributed by atoms with Crippen molar-refractivity contribution in [3.05, 3.63) is 35.9 Å². The number of hydrogen-bond acceptors (Lipinski definition) is 2. The molecule has 3 atom stereocenters. The molecule has 1 aromatic rings. The summed E-state index contributed by atoms with van der Waals surface area (Å²) in [6.07, 6.45) is 3.53. The van der Waals surface area contributed by atoms with Crippen molar-refractivity contribution in [3.8, 4) is 0 Å². The van der Waals surface area contributed by atoms with Gasteiger partial charge >= 0.3 is 0 Å². The molecular weight excluding hydrogens is 184 g/mol. The van der Waals surface area contributed by atoms with Gasteiger partial charge in [-0.05, 0) is 24.8 Å². The van der Waals surface area contributed by atoms with Gasteiger partial charge in [-0.2, -0.15) is 0 Å². The van der Waals surface area contributed by atoms with Crippen LogP contribution in [0, 0.1) is 0 Å². The van der Waals surface area contributed by atoms with Gasteiger partial charge in [0.1, 0.15) is 0 Å². The van der Waals surface area contributed by atoms with Gasteiger partial charge in [0, 0.05) is 18.1 Å². The Morgan fingerprint density at radius 1 is 1.27 bits per heavy atom.